The van der Waals surface area contributed by atoms with Gasteiger partial charge in [0.1, 0.15) is 16.7 Å². The molecule has 0 radical (unpaired) electrons. The predicted octanol–water partition coefficient (Wildman–Crippen LogP) is 2.26. The Labute approximate surface area is 106 Å². The van der Waals surface area contributed by atoms with Gasteiger partial charge < -0.3 is 10.4 Å². The highest BCUT2D eigenvalue weighted by molar-refractivity contribution is 7.99. The van der Waals surface area contributed by atoms with Crippen LogP contribution in [0.2, 0.25) is 0 Å². The molecular formula is C12H19N3OS. The molecule has 1 aromatic rings. The minimum absolute atomic E-state index is 0.171. The molecule has 2 rings (SSSR count). The molecule has 1 fully saturated rings. The first-order chi connectivity index (χ1) is 8.22. The van der Waals surface area contributed by atoms with Crippen molar-refractivity contribution in [3.63, 3.8) is 0 Å². The number of hydrogen-bond acceptors (Lipinski definition) is 5. The summed E-state index contributed by atoms with van der Waals surface area (Å²) in [6.07, 6.45) is 2.41. The molecule has 1 atom stereocenters. The number of thioether (sulfide) groups is 1. The average Bonchev–Trinajstić information content (AvgIpc) is 3.12. The topological polar surface area (TPSA) is 58.0 Å². The van der Waals surface area contributed by atoms with Crippen molar-refractivity contribution < 1.29 is 5.11 Å². The SMILES string of the molecule is CCNc1cc(SC(C)CO)nc(C2CC2)n1. The van der Waals surface area contributed by atoms with Crippen LogP contribution in [-0.4, -0.2) is 33.5 Å². The maximum Gasteiger partial charge on any atom is 0.135 e. The zero-order valence-electron chi connectivity index (χ0n) is 10.3. The second kappa shape index (κ2) is 5.69. The van der Waals surface area contributed by atoms with Crippen molar-refractivity contribution >= 4 is 17.6 Å². The van der Waals surface area contributed by atoms with Gasteiger partial charge in [-0.15, -0.1) is 11.8 Å². The van der Waals surface area contributed by atoms with Crippen LogP contribution in [0.25, 0.3) is 0 Å². The fourth-order valence-corrected chi connectivity index (χ4v) is 2.36. The predicted molar refractivity (Wildman–Crippen MR) is 70.6 cm³/mol. The first-order valence-corrected chi connectivity index (χ1v) is 7.01. The van der Waals surface area contributed by atoms with E-state index in [2.05, 4.69) is 22.2 Å². The van der Waals surface area contributed by atoms with Gasteiger partial charge in [0.05, 0.1) is 6.61 Å². The summed E-state index contributed by atoms with van der Waals surface area (Å²) < 4.78 is 0. The van der Waals surface area contributed by atoms with E-state index in [0.29, 0.717) is 5.92 Å². The van der Waals surface area contributed by atoms with Crippen molar-refractivity contribution in [1.82, 2.24) is 9.97 Å². The summed E-state index contributed by atoms with van der Waals surface area (Å²) >= 11 is 1.60. The highest BCUT2D eigenvalue weighted by atomic mass is 32.2. The minimum Gasteiger partial charge on any atom is -0.395 e. The maximum atomic E-state index is 9.08. The van der Waals surface area contributed by atoms with Crippen molar-refractivity contribution in [2.24, 2.45) is 0 Å². The van der Waals surface area contributed by atoms with Gasteiger partial charge in [0.2, 0.25) is 0 Å². The molecule has 0 bridgehead atoms. The Balaban J connectivity index is 2.17. The Bertz CT molecular complexity index is 382. The molecule has 1 saturated carbocycles. The van der Waals surface area contributed by atoms with E-state index in [4.69, 9.17) is 5.11 Å². The van der Waals surface area contributed by atoms with Crippen molar-refractivity contribution in [2.75, 3.05) is 18.5 Å². The van der Waals surface area contributed by atoms with Gasteiger partial charge in [-0.3, -0.25) is 0 Å². The summed E-state index contributed by atoms with van der Waals surface area (Å²) in [5.74, 6) is 2.41. The third-order valence-corrected chi connectivity index (χ3v) is 3.60. The van der Waals surface area contributed by atoms with Gasteiger partial charge in [0.15, 0.2) is 0 Å². The lowest BCUT2D eigenvalue weighted by molar-refractivity contribution is 0.300. The van der Waals surface area contributed by atoms with E-state index in [9.17, 15) is 0 Å². The molecule has 0 aromatic carbocycles. The van der Waals surface area contributed by atoms with Crippen LogP contribution < -0.4 is 5.32 Å². The van der Waals surface area contributed by atoms with Gasteiger partial charge in [-0.1, -0.05) is 6.92 Å². The normalized spacial score (nSPS) is 16.9. The van der Waals surface area contributed by atoms with Crippen LogP contribution in [-0.2, 0) is 0 Å². The van der Waals surface area contributed by atoms with E-state index in [0.717, 1.165) is 23.2 Å². The number of rotatable bonds is 6. The lowest BCUT2D eigenvalue weighted by Crippen LogP contribution is -2.06. The zero-order valence-corrected chi connectivity index (χ0v) is 11.1. The van der Waals surface area contributed by atoms with Crippen LogP contribution in [0.3, 0.4) is 0 Å². The molecule has 0 aliphatic heterocycles. The van der Waals surface area contributed by atoms with E-state index < -0.39 is 0 Å². The molecular weight excluding hydrogens is 234 g/mol. The van der Waals surface area contributed by atoms with Crippen LogP contribution in [0.4, 0.5) is 5.82 Å². The molecule has 1 unspecified atom stereocenters. The zero-order chi connectivity index (χ0) is 12.3. The number of aromatic nitrogens is 2. The number of aliphatic hydroxyl groups excluding tert-OH is 1. The highest BCUT2D eigenvalue weighted by Gasteiger charge is 2.27. The second-order valence-electron chi connectivity index (χ2n) is 4.37. The fourth-order valence-electron chi connectivity index (χ4n) is 1.54. The van der Waals surface area contributed by atoms with Crippen molar-refractivity contribution in [3.05, 3.63) is 11.9 Å². The van der Waals surface area contributed by atoms with Crippen LogP contribution in [0, 0.1) is 0 Å². The van der Waals surface area contributed by atoms with Gasteiger partial charge in [-0.05, 0) is 19.8 Å². The van der Waals surface area contributed by atoms with Crippen molar-refractivity contribution in [1.29, 1.82) is 0 Å². The third-order valence-electron chi connectivity index (χ3n) is 2.60. The van der Waals surface area contributed by atoms with Gasteiger partial charge in [0.25, 0.3) is 0 Å². The number of anilines is 1. The lowest BCUT2D eigenvalue weighted by Gasteiger charge is -2.10. The monoisotopic (exact) mass is 253 g/mol. The Kier molecular flexibility index (Phi) is 4.23. The van der Waals surface area contributed by atoms with E-state index in [-0.39, 0.29) is 11.9 Å². The van der Waals surface area contributed by atoms with Crippen LogP contribution in [0.5, 0.6) is 0 Å². The Morgan fingerprint density at radius 1 is 1.53 bits per heavy atom. The second-order valence-corrected chi connectivity index (χ2v) is 5.82. The van der Waals surface area contributed by atoms with Gasteiger partial charge >= 0.3 is 0 Å². The molecule has 2 N–H and O–H groups in total. The largest absolute Gasteiger partial charge is 0.395 e. The lowest BCUT2D eigenvalue weighted by atomic mass is 10.4. The molecule has 94 valence electrons. The number of hydrogen-bond donors (Lipinski definition) is 2. The Morgan fingerprint density at radius 3 is 2.88 bits per heavy atom. The molecule has 0 saturated heterocycles. The van der Waals surface area contributed by atoms with E-state index in [1.807, 2.05) is 13.0 Å². The summed E-state index contributed by atoms with van der Waals surface area (Å²) in [7, 11) is 0. The van der Waals surface area contributed by atoms with Crippen LogP contribution in [0.1, 0.15) is 38.4 Å². The van der Waals surface area contributed by atoms with Gasteiger partial charge in [0, 0.05) is 23.8 Å². The summed E-state index contributed by atoms with van der Waals surface area (Å²) in [5, 5.41) is 13.4. The molecule has 0 spiro atoms. The molecule has 0 amide bonds. The summed E-state index contributed by atoms with van der Waals surface area (Å²) in [6, 6.07) is 1.96. The summed E-state index contributed by atoms with van der Waals surface area (Å²) in [5.41, 5.74) is 0. The molecule has 4 nitrogen and oxygen atoms in total. The third kappa shape index (κ3) is 3.57. The molecule has 5 heteroatoms. The van der Waals surface area contributed by atoms with E-state index in [1.165, 1.54) is 12.8 Å². The summed E-state index contributed by atoms with van der Waals surface area (Å²) in [6.45, 7) is 5.09. The van der Waals surface area contributed by atoms with Crippen LogP contribution >= 0.6 is 11.8 Å². The number of nitrogens with one attached hydrogen (secondary N) is 1. The molecule has 1 aromatic heterocycles. The van der Waals surface area contributed by atoms with Gasteiger partial charge in [-0.2, -0.15) is 0 Å². The molecule has 1 aliphatic carbocycles. The van der Waals surface area contributed by atoms with E-state index >= 15 is 0 Å². The Morgan fingerprint density at radius 2 is 2.29 bits per heavy atom. The quantitative estimate of drug-likeness (QED) is 0.601. The Hall–Kier alpha value is -0.810. The van der Waals surface area contributed by atoms with E-state index in [1.54, 1.807) is 11.8 Å². The fraction of sp³-hybridized carbons (Fsp3) is 0.667. The summed E-state index contributed by atoms with van der Waals surface area (Å²) in [4.78, 5) is 9.09. The number of nitrogens with zero attached hydrogens (tertiary/aromatic N) is 2. The highest BCUT2D eigenvalue weighted by Crippen LogP contribution is 2.39. The molecule has 1 aliphatic rings. The van der Waals surface area contributed by atoms with Gasteiger partial charge in [-0.25, -0.2) is 9.97 Å². The van der Waals surface area contributed by atoms with Crippen molar-refractivity contribution in [2.45, 2.75) is 42.9 Å². The minimum atomic E-state index is 0.171. The van der Waals surface area contributed by atoms with Crippen LogP contribution in [0.15, 0.2) is 11.1 Å². The van der Waals surface area contributed by atoms with Crippen molar-refractivity contribution in [3.8, 4) is 0 Å². The average molecular weight is 253 g/mol. The molecule has 17 heavy (non-hydrogen) atoms. The first-order valence-electron chi connectivity index (χ1n) is 6.13. The standard InChI is InChI=1S/C12H19N3OS/c1-3-13-10-6-11(17-8(2)7-16)15-12(14-10)9-4-5-9/h6,8-9,16H,3-5,7H2,1-2H3,(H,13,14,15). The first kappa shape index (κ1) is 12.6. The number of aliphatic hydroxyl groups is 1. The maximum absolute atomic E-state index is 9.08. The smallest absolute Gasteiger partial charge is 0.135 e. The molecule has 1 heterocycles.